The molecule has 0 aliphatic carbocycles. The minimum Gasteiger partial charge on any atom is -0.486 e. The summed E-state index contributed by atoms with van der Waals surface area (Å²) < 4.78 is 11.0. The molecule has 2 aliphatic heterocycles. The van der Waals surface area contributed by atoms with Crippen LogP contribution in [0.5, 0.6) is 5.75 Å². The molecule has 3 aromatic rings. The summed E-state index contributed by atoms with van der Waals surface area (Å²) >= 11 is 0. The second-order valence-electron chi connectivity index (χ2n) is 11.5. The Bertz CT molecular complexity index is 1320. The van der Waals surface area contributed by atoms with Crippen molar-refractivity contribution in [2.24, 2.45) is 11.8 Å². The number of nitrogens with zero attached hydrogens (tertiary/aromatic N) is 4. The van der Waals surface area contributed by atoms with Crippen LogP contribution in [0.1, 0.15) is 53.2 Å². The van der Waals surface area contributed by atoms with Gasteiger partial charge in [-0.25, -0.2) is 4.98 Å². The lowest BCUT2D eigenvalue weighted by Gasteiger charge is -2.39. The Labute approximate surface area is 240 Å². The molecule has 0 spiro atoms. The van der Waals surface area contributed by atoms with Crippen LogP contribution < -0.4 is 10.1 Å². The molecule has 2 N–H and O–H groups in total. The summed E-state index contributed by atoms with van der Waals surface area (Å²) in [6, 6.07) is 9.58. The summed E-state index contributed by atoms with van der Waals surface area (Å²) in [6.07, 6.45) is 6.17. The van der Waals surface area contributed by atoms with E-state index in [-0.39, 0.29) is 18.4 Å². The Hall–Kier alpha value is -3.76. The number of ether oxygens (including phenoxy) is 1. The number of hydrogen-bond donors (Lipinski definition) is 2. The summed E-state index contributed by atoms with van der Waals surface area (Å²) in [5.41, 5.74) is 3.83. The number of likely N-dealkylation sites (tertiary alicyclic amines) is 1. The summed E-state index contributed by atoms with van der Waals surface area (Å²) in [4.78, 5) is 37.4. The molecule has 10 heteroatoms. The van der Waals surface area contributed by atoms with Crippen LogP contribution in [0.3, 0.4) is 0 Å². The highest BCUT2D eigenvalue weighted by atomic mass is 16.5. The molecule has 0 radical (unpaired) electrons. The molecule has 0 unspecified atom stereocenters. The summed E-state index contributed by atoms with van der Waals surface area (Å²) in [6.45, 7) is 8.13. The molecule has 218 valence electrons. The first kappa shape index (κ1) is 28.8. The molecule has 1 atom stereocenters. The Morgan fingerprint density at radius 2 is 2.05 bits per heavy atom. The molecule has 2 aliphatic rings. The Balaban J connectivity index is 1.04. The molecule has 4 heterocycles. The molecule has 0 bridgehead atoms. The van der Waals surface area contributed by atoms with E-state index in [1.807, 2.05) is 17.0 Å². The fourth-order valence-electron chi connectivity index (χ4n) is 5.38. The highest BCUT2D eigenvalue weighted by Crippen LogP contribution is 2.25. The number of aliphatic hydroxyl groups is 1. The summed E-state index contributed by atoms with van der Waals surface area (Å²) in [7, 11) is 0. The molecule has 10 nitrogen and oxygen atoms in total. The SMILES string of the molecule is CC(C)CC(=O)N1CC(Cc2cc(C(=O)NC[C@H](O)CN3CCc4cc(OCc5cnco5)ccc4C3)ccn2)C1. The van der Waals surface area contributed by atoms with Gasteiger partial charge in [-0.2, -0.15) is 0 Å². The lowest BCUT2D eigenvalue weighted by Crippen LogP contribution is -2.51. The Kier molecular flexibility index (Phi) is 9.31. The monoisotopic (exact) mass is 561 g/mol. The quantitative estimate of drug-likeness (QED) is 0.346. The van der Waals surface area contributed by atoms with E-state index in [1.54, 1.807) is 18.5 Å². The van der Waals surface area contributed by atoms with Crippen LogP contribution in [0.25, 0.3) is 0 Å². The minimum absolute atomic E-state index is 0.170. The molecule has 41 heavy (non-hydrogen) atoms. The number of amides is 2. The van der Waals surface area contributed by atoms with Gasteiger partial charge in [-0.1, -0.05) is 19.9 Å². The van der Waals surface area contributed by atoms with Crippen molar-refractivity contribution < 1.29 is 23.8 Å². The van der Waals surface area contributed by atoms with Crippen LogP contribution in [0.2, 0.25) is 0 Å². The molecule has 2 amide bonds. The molecular formula is C31H39N5O5. The number of pyridine rings is 1. The zero-order valence-electron chi connectivity index (χ0n) is 23.8. The number of carbonyl (C=O) groups excluding carboxylic acids is 2. The van der Waals surface area contributed by atoms with Crippen LogP contribution in [-0.4, -0.2) is 75.5 Å². The minimum atomic E-state index is -0.685. The van der Waals surface area contributed by atoms with Crippen LogP contribution in [0.15, 0.2) is 53.5 Å². The third-order valence-electron chi connectivity index (χ3n) is 7.57. The van der Waals surface area contributed by atoms with Crippen molar-refractivity contribution >= 4 is 11.8 Å². The van der Waals surface area contributed by atoms with Crippen LogP contribution in [0.4, 0.5) is 0 Å². The smallest absolute Gasteiger partial charge is 0.251 e. The van der Waals surface area contributed by atoms with Crippen molar-refractivity contribution in [1.29, 1.82) is 0 Å². The topological polar surface area (TPSA) is 121 Å². The van der Waals surface area contributed by atoms with Crippen molar-refractivity contribution in [3.05, 3.63) is 77.3 Å². The van der Waals surface area contributed by atoms with Crippen molar-refractivity contribution in [2.75, 3.05) is 32.7 Å². The van der Waals surface area contributed by atoms with Crippen LogP contribution in [-0.2, 0) is 30.8 Å². The predicted octanol–water partition coefficient (Wildman–Crippen LogP) is 2.84. The highest BCUT2D eigenvalue weighted by molar-refractivity contribution is 5.94. The number of aliphatic hydroxyl groups excluding tert-OH is 1. The van der Waals surface area contributed by atoms with Gasteiger partial charge in [0.25, 0.3) is 5.91 Å². The van der Waals surface area contributed by atoms with E-state index in [0.717, 1.165) is 50.5 Å². The first-order valence-electron chi connectivity index (χ1n) is 14.4. The normalized spacial score (nSPS) is 16.2. The Morgan fingerprint density at radius 3 is 2.83 bits per heavy atom. The van der Waals surface area contributed by atoms with E-state index < -0.39 is 6.10 Å². The molecule has 5 rings (SSSR count). The average molecular weight is 562 g/mol. The van der Waals surface area contributed by atoms with Gasteiger partial charge in [-0.3, -0.25) is 19.5 Å². The van der Waals surface area contributed by atoms with Gasteiger partial charge in [0.05, 0.1) is 12.3 Å². The third-order valence-corrected chi connectivity index (χ3v) is 7.57. The summed E-state index contributed by atoms with van der Waals surface area (Å²) in [5, 5.41) is 13.5. The van der Waals surface area contributed by atoms with E-state index >= 15 is 0 Å². The fourth-order valence-corrected chi connectivity index (χ4v) is 5.38. The van der Waals surface area contributed by atoms with Gasteiger partial charge in [0, 0.05) is 63.1 Å². The number of β-amino-alcohol motifs (C(OH)–C–C–N with tert-alkyl or cyclic N) is 1. The number of benzene rings is 1. The first-order valence-corrected chi connectivity index (χ1v) is 14.4. The van der Waals surface area contributed by atoms with Gasteiger partial charge >= 0.3 is 0 Å². The molecular weight excluding hydrogens is 522 g/mol. The second kappa shape index (κ2) is 13.3. The number of hydrogen-bond acceptors (Lipinski definition) is 8. The largest absolute Gasteiger partial charge is 0.486 e. The van der Waals surface area contributed by atoms with Crippen molar-refractivity contribution in [3.8, 4) is 5.75 Å². The maximum Gasteiger partial charge on any atom is 0.251 e. The number of aromatic nitrogens is 2. The fraction of sp³-hybridized carbons (Fsp3) is 0.484. The number of oxazole rings is 1. The number of carbonyl (C=O) groups is 2. The number of nitrogens with one attached hydrogen (secondary N) is 1. The summed E-state index contributed by atoms with van der Waals surface area (Å²) in [5.74, 6) is 2.19. The predicted molar refractivity (Wildman–Crippen MR) is 152 cm³/mol. The molecule has 0 saturated carbocycles. The zero-order valence-corrected chi connectivity index (χ0v) is 23.8. The van der Waals surface area contributed by atoms with Gasteiger partial charge in [0.2, 0.25) is 5.91 Å². The van der Waals surface area contributed by atoms with E-state index in [1.165, 1.54) is 17.5 Å². The average Bonchev–Trinajstić information content (AvgIpc) is 3.46. The highest BCUT2D eigenvalue weighted by Gasteiger charge is 2.31. The van der Waals surface area contributed by atoms with E-state index in [0.29, 0.717) is 42.7 Å². The zero-order chi connectivity index (χ0) is 28.8. The first-order chi connectivity index (χ1) is 19.8. The van der Waals surface area contributed by atoms with Gasteiger partial charge < -0.3 is 24.5 Å². The molecule has 1 aromatic carbocycles. The lowest BCUT2D eigenvalue weighted by atomic mass is 9.93. The van der Waals surface area contributed by atoms with Gasteiger partial charge in [-0.05, 0) is 60.1 Å². The van der Waals surface area contributed by atoms with Gasteiger partial charge in [-0.15, -0.1) is 0 Å². The van der Waals surface area contributed by atoms with Crippen molar-refractivity contribution in [2.45, 2.75) is 52.4 Å². The lowest BCUT2D eigenvalue weighted by molar-refractivity contribution is -0.138. The third kappa shape index (κ3) is 7.92. The maximum atomic E-state index is 12.8. The molecule has 2 aromatic heterocycles. The second-order valence-corrected chi connectivity index (χ2v) is 11.5. The van der Waals surface area contributed by atoms with Crippen LogP contribution in [0, 0.1) is 11.8 Å². The number of rotatable bonds is 12. The number of fused-ring (bicyclic) bond motifs is 1. The van der Waals surface area contributed by atoms with E-state index in [4.69, 9.17) is 9.15 Å². The van der Waals surface area contributed by atoms with Crippen molar-refractivity contribution in [3.63, 3.8) is 0 Å². The molecule has 1 fully saturated rings. The van der Waals surface area contributed by atoms with E-state index in [9.17, 15) is 14.7 Å². The van der Waals surface area contributed by atoms with Crippen molar-refractivity contribution in [1.82, 2.24) is 25.1 Å². The maximum absolute atomic E-state index is 12.8. The van der Waals surface area contributed by atoms with Gasteiger partial charge in [0.15, 0.2) is 12.2 Å². The molecule has 1 saturated heterocycles. The van der Waals surface area contributed by atoms with Gasteiger partial charge in [0.1, 0.15) is 12.4 Å². The standard InChI is InChI=1S/C31H39N5O5/c1-21(2)9-30(38)36-15-22(16-36)10-26-11-24(5-7-33-26)31(39)34-13-27(37)18-35-8-6-23-12-28(4-3-25(23)17-35)40-19-29-14-32-20-41-29/h3-5,7,11-12,14,20-22,27,37H,6,8-10,13,15-19H2,1-2H3,(H,34,39)/t27-/m0/s1. The van der Waals surface area contributed by atoms with E-state index in [2.05, 4.69) is 46.2 Å². The Morgan fingerprint density at radius 1 is 1.20 bits per heavy atom. The van der Waals surface area contributed by atoms with Crippen LogP contribution >= 0.6 is 0 Å².